The lowest BCUT2D eigenvalue weighted by molar-refractivity contribution is 0.114. The van der Waals surface area contributed by atoms with E-state index in [9.17, 15) is 8.42 Å². The highest BCUT2D eigenvalue weighted by atomic mass is 32.2. The van der Waals surface area contributed by atoms with Gasteiger partial charge in [-0.15, -0.1) is 0 Å². The Hall–Kier alpha value is -1.67. The number of sulfone groups is 1. The lowest BCUT2D eigenvalue weighted by atomic mass is 10.2. The van der Waals surface area contributed by atoms with Crippen LogP contribution < -0.4 is 11.1 Å². The van der Waals surface area contributed by atoms with Crippen molar-refractivity contribution in [3.8, 4) is 0 Å². The number of ether oxygens (including phenoxy) is 1. The number of nitrogens with zero attached hydrogens (tertiary/aromatic N) is 2. The molecule has 0 bridgehead atoms. The number of nitrogens with one attached hydrogen (secondary N) is 1. The van der Waals surface area contributed by atoms with E-state index in [0.29, 0.717) is 12.2 Å². The van der Waals surface area contributed by atoms with E-state index in [0.717, 1.165) is 25.7 Å². The van der Waals surface area contributed by atoms with Crippen molar-refractivity contribution in [2.45, 2.75) is 30.4 Å². The van der Waals surface area contributed by atoms with E-state index in [2.05, 4.69) is 15.3 Å². The van der Waals surface area contributed by atoms with Crippen molar-refractivity contribution in [3.63, 3.8) is 0 Å². The quantitative estimate of drug-likeness (QED) is 0.588. The van der Waals surface area contributed by atoms with Gasteiger partial charge in [-0.05, 0) is 25.0 Å². The van der Waals surface area contributed by atoms with Crippen molar-refractivity contribution in [3.05, 3.63) is 24.0 Å². The van der Waals surface area contributed by atoms with Gasteiger partial charge in [-0.3, -0.25) is 4.98 Å². The second-order valence-electron chi connectivity index (χ2n) is 4.94. The van der Waals surface area contributed by atoms with Crippen molar-refractivity contribution in [1.82, 2.24) is 10.3 Å². The first-order valence-electron chi connectivity index (χ1n) is 6.76. The first-order chi connectivity index (χ1) is 9.97. The minimum atomic E-state index is -3.32. The predicted octanol–water partition coefficient (Wildman–Crippen LogP) is 0.0684. The van der Waals surface area contributed by atoms with Gasteiger partial charge in [0.2, 0.25) is 0 Å². The third-order valence-corrected chi connectivity index (χ3v) is 4.35. The number of hydrogen-bond acceptors (Lipinski definition) is 5. The third-order valence-electron chi connectivity index (χ3n) is 3.18. The van der Waals surface area contributed by atoms with Crippen molar-refractivity contribution >= 4 is 15.8 Å². The van der Waals surface area contributed by atoms with E-state index in [1.165, 1.54) is 12.3 Å². The number of guanidine groups is 1. The Labute approximate surface area is 124 Å². The van der Waals surface area contributed by atoms with E-state index in [4.69, 9.17) is 10.5 Å². The van der Waals surface area contributed by atoms with Crippen LogP contribution in [0.2, 0.25) is 0 Å². The Morgan fingerprint density at radius 2 is 2.43 bits per heavy atom. The molecule has 1 aromatic rings. The average Bonchev–Trinajstić information content (AvgIpc) is 2.95. The van der Waals surface area contributed by atoms with Crippen LogP contribution >= 0.6 is 0 Å². The Morgan fingerprint density at radius 1 is 1.62 bits per heavy atom. The number of aromatic nitrogens is 1. The van der Waals surface area contributed by atoms with Gasteiger partial charge in [-0.1, -0.05) is 0 Å². The highest BCUT2D eigenvalue weighted by Gasteiger charge is 2.15. The third kappa shape index (κ3) is 4.68. The van der Waals surface area contributed by atoms with E-state index < -0.39 is 9.84 Å². The molecule has 21 heavy (non-hydrogen) atoms. The lowest BCUT2D eigenvalue weighted by Gasteiger charge is -2.11. The molecule has 1 saturated heterocycles. The fraction of sp³-hybridized carbons (Fsp3) is 0.538. The summed E-state index contributed by atoms with van der Waals surface area (Å²) in [5.74, 6) is 0.260. The molecule has 1 atom stereocenters. The van der Waals surface area contributed by atoms with Gasteiger partial charge in [0.25, 0.3) is 0 Å². The van der Waals surface area contributed by atoms with Crippen LogP contribution in [0.15, 0.2) is 28.2 Å². The largest absolute Gasteiger partial charge is 0.376 e. The first-order valence-corrected chi connectivity index (χ1v) is 8.65. The molecule has 0 aromatic carbocycles. The summed E-state index contributed by atoms with van der Waals surface area (Å²) in [5.41, 5.74) is 6.16. The summed E-state index contributed by atoms with van der Waals surface area (Å²) in [6.07, 6.45) is 4.93. The molecule has 1 aliphatic rings. The number of rotatable bonds is 5. The maximum Gasteiger partial charge on any atom is 0.189 e. The van der Waals surface area contributed by atoms with Crippen LogP contribution in [0.3, 0.4) is 0 Å². The fourth-order valence-electron chi connectivity index (χ4n) is 2.12. The molecule has 8 heteroatoms. The van der Waals surface area contributed by atoms with Crippen LogP contribution in [0, 0.1) is 0 Å². The van der Waals surface area contributed by atoms with E-state index >= 15 is 0 Å². The summed E-state index contributed by atoms with van der Waals surface area (Å²) >= 11 is 0. The predicted molar refractivity (Wildman–Crippen MR) is 79.6 cm³/mol. The summed E-state index contributed by atoms with van der Waals surface area (Å²) in [7, 11) is -3.32. The van der Waals surface area contributed by atoms with Crippen molar-refractivity contribution in [2.24, 2.45) is 10.7 Å². The Bertz CT molecular complexity index is 610. The summed E-state index contributed by atoms with van der Waals surface area (Å²) in [5, 5.41) is 2.98. The molecule has 0 aliphatic carbocycles. The van der Waals surface area contributed by atoms with Gasteiger partial charge in [-0.2, -0.15) is 0 Å². The van der Waals surface area contributed by atoms with Gasteiger partial charge in [0.15, 0.2) is 15.8 Å². The Balaban J connectivity index is 1.96. The topological polar surface area (TPSA) is 107 Å². The number of nitrogens with two attached hydrogens (primary N) is 1. The molecule has 2 heterocycles. The maximum absolute atomic E-state index is 11.6. The zero-order valence-electron chi connectivity index (χ0n) is 11.9. The molecule has 1 unspecified atom stereocenters. The molecular formula is C13H20N4O3S. The lowest BCUT2D eigenvalue weighted by Crippen LogP contribution is -2.37. The van der Waals surface area contributed by atoms with Crippen LogP contribution in [0.5, 0.6) is 0 Å². The fourth-order valence-corrected chi connectivity index (χ4v) is 2.99. The number of aliphatic imine (C=N–C) groups is 1. The molecule has 1 aromatic heterocycles. The maximum atomic E-state index is 11.6. The average molecular weight is 312 g/mol. The summed E-state index contributed by atoms with van der Waals surface area (Å²) in [6, 6.07) is 3.10. The van der Waals surface area contributed by atoms with Crippen LogP contribution in [0.4, 0.5) is 0 Å². The van der Waals surface area contributed by atoms with E-state index in [1.807, 2.05) is 0 Å². The molecule has 0 amide bonds. The molecule has 0 saturated carbocycles. The molecular weight excluding hydrogens is 292 g/mol. The summed E-state index contributed by atoms with van der Waals surface area (Å²) in [6.45, 7) is 1.51. The van der Waals surface area contributed by atoms with E-state index in [1.54, 1.807) is 6.07 Å². The molecule has 1 aliphatic heterocycles. The second-order valence-corrected chi connectivity index (χ2v) is 6.92. The van der Waals surface area contributed by atoms with Gasteiger partial charge in [-0.25, -0.2) is 13.4 Å². The SMILES string of the molecule is CS(=O)(=O)c1cccnc1CN=C(N)NCC1CCCO1. The zero-order chi connectivity index (χ0) is 15.3. The minimum absolute atomic E-state index is 0.119. The summed E-state index contributed by atoms with van der Waals surface area (Å²) < 4.78 is 28.8. The smallest absolute Gasteiger partial charge is 0.189 e. The van der Waals surface area contributed by atoms with Crippen LogP contribution in [-0.2, 0) is 21.1 Å². The van der Waals surface area contributed by atoms with Crippen LogP contribution in [0.1, 0.15) is 18.5 Å². The summed E-state index contributed by atoms with van der Waals surface area (Å²) in [4.78, 5) is 8.37. The van der Waals surface area contributed by atoms with Gasteiger partial charge in [0.1, 0.15) is 0 Å². The molecule has 0 radical (unpaired) electrons. The number of hydrogen-bond donors (Lipinski definition) is 2. The second kappa shape index (κ2) is 6.86. The van der Waals surface area contributed by atoms with Gasteiger partial charge in [0, 0.05) is 25.6 Å². The van der Waals surface area contributed by atoms with Crippen molar-refractivity contribution < 1.29 is 13.2 Å². The first kappa shape index (κ1) is 15.7. The van der Waals surface area contributed by atoms with Crippen molar-refractivity contribution in [2.75, 3.05) is 19.4 Å². The number of pyridine rings is 1. The van der Waals surface area contributed by atoms with Gasteiger partial charge in [0.05, 0.1) is 23.2 Å². The minimum Gasteiger partial charge on any atom is -0.376 e. The van der Waals surface area contributed by atoms with E-state index in [-0.39, 0.29) is 23.5 Å². The highest BCUT2D eigenvalue weighted by Crippen LogP contribution is 2.13. The Morgan fingerprint density at radius 3 is 3.10 bits per heavy atom. The molecule has 3 N–H and O–H groups in total. The van der Waals surface area contributed by atoms with Crippen LogP contribution in [-0.4, -0.2) is 44.9 Å². The standard InChI is InChI=1S/C13H20N4O3S/c1-21(18,19)12-5-2-6-15-11(12)9-17-13(14)16-8-10-4-3-7-20-10/h2,5-6,10H,3-4,7-9H2,1H3,(H3,14,16,17). The van der Waals surface area contributed by atoms with Gasteiger partial charge < -0.3 is 15.8 Å². The molecule has 116 valence electrons. The van der Waals surface area contributed by atoms with Gasteiger partial charge >= 0.3 is 0 Å². The Kier molecular flexibility index (Phi) is 5.13. The van der Waals surface area contributed by atoms with Crippen LogP contribution in [0.25, 0.3) is 0 Å². The normalized spacial score (nSPS) is 19.7. The zero-order valence-corrected chi connectivity index (χ0v) is 12.8. The molecule has 2 rings (SSSR count). The monoisotopic (exact) mass is 312 g/mol. The molecule has 1 fully saturated rings. The highest BCUT2D eigenvalue weighted by molar-refractivity contribution is 7.90. The van der Waals surface area contributed by atoms with Crippen molar-refractivity contribution in [1.29, 1.82) is 0 Å². The molecule has 0 spiro atoms. The molecule has 7 nitrogen and oxygen atoms in total.